The second-order valence-electron chi connectivity index (χ2n) is 9.70. The van der Waals surface area contributed by atoms with Crippen LogP contribution in [0.4, 0.5) is 5.69 Å². The number of hydrogen-bond donors (Lipinski definition) is 1. The van der Waals surface area contributed by atoms with Crippen molar-refractivity contribution < 1.29 is 31.7 Å². The summed E-state index contributed by atoms with van der Waals surface area (Å²) in [5.41, 5.74) is 0.640. The number of amides is 1. The molecule has 2 aromatic heterocycles. The zero-order valence-corrected chi connectivity index (χ0v) is 22.4. The number of carbonyl (C=O) groups is 1. The van der Waals surface area contributed by atoms with Crippen molar-refractivity contribution in [2.45, 2.75) is 38.9 Å². The number of sulfonamides is 1. The van der Waals surface area contributed by atoms with Crippen LogP contribution in [0, 0.1) is 0 Å². The quantitative estimate of drug-likeness (QED) is 0.498. The predicted molar refractivity (Wildman–Crippen MR) is 138 cm³/mol. The van der Waals surface area contributed by atoms with Crippen LogP contribution in [0.25, 0.3) is 22.3 Å². The third kappa shape index (κ3) is 4.33. The molecule has 4 rings (SSSR count). The molecule has 3 aromatic rings. The SMILES string of the molecule is CNC(=O)c1c(-c2ccnc(OC)c2)oc2cc(N(C)S(C)(=O)=O)c(B3OC(C)(C)C(C)(C)O3)cc12. The van der Waals surface area contributed by atoms with Crippen molar-refractivity contribution in [3.63, 3.8) is 0 Å². The predicted octanol–water partition coefficient (Wildman–Crippen LogP) is 2.56. The molecule has 1 aliphatic rings. The smallest absolute Gasteiger partial charge is 0.481 e. The van der Waals surface area contributed by atoms with Gasteiger partial charge >= 0.3 is 7.12 Å². The summed E-state index contributed by atoms with van der Waals surface area (Å²) in [4.78, 5) is 17.2. The molecule has 1 aliphatic heterocycles. The number of anilines is 1. The monoisotopic (exact) mass is 515 g/mol. The van der Waals surface area contributed by atoms with E-state index in [1.54, 1.807) is 30.5 Å². The maximum Gasteiger partial charge on any atom is 0.497 e. The Labute approximate surface area is 211 Å². The highest BCUT2D eigenvalue weighted by molar-refractivity contribution is 7.92. The first-order valence-electron chi connectivity index (χ1n) is 11.3. The number of nitrogens with zero attached hydrogens (tertiary/aromatic N) is 2. The molecule has 36 heavy (non-hydrogen) atoms. The van der Waals surface area contributed by atoms with E-state index in [1.165, 1.54) is 21.2 Å². The van der Waals surface area contributed by atoms with Crippen LogP contribution >= 0.6 is 0 Å². The fourth-order valence-corrected chi connectivity index (χ4v) is 4.49. The summed E-state index contributed by atoms with van der Waals surface area (Å²) in [7, 11) is -0.0539. The molecule has 0 atom stereocenters. The van der Waals surface area contributed by atoms with Gasteiger partial charge in [-0.2, -0.15) is 0 Å². The van der Waals surface area contributed by atoms with E-state index in [4.69, 9.17) is 18.5 Å². The van der Waals surface area contributed by atoms with Gasteiger partial charge in [0, 0.05) is 48.8 Å². The van der Waals surface area contributed by atoms with Crippen LogP contribution in [0.1, 0.15) is 38.1 Å². The Kier molecular flexibility index (Phi) is 6.34. The number of aromatic nitrogens is 1. The molecule has 1 saturated heterocycles. The lowest BCUT2D eigenvalue weighted by atomic mass is 9.77. The minimum atomic E-state index is -3.64. The van der Waals surface area contributed by atoms with Crippen LogP contribution in [0.5, 0.6) is 5.88 Å². The average Bonchev–Trinajstić information content (AvgIpc) is 3.29. The molecule has 0 unspecified atom stereocenters. The van der Waals surface area contributed by atoms with Crippen molar-refractivity contribution in [3.05, 3.63) is 36.0 Å². The molecule has 192 valence electrons. The Hall–Kier alpha value is -3.09. The van der Waals surface area contributed by atoms with E-state index >= 15 is 0 Å². The number of furan rings is 1. The second kappa shape index (κ2) is 8.79. The number of fused-ring (bicyclic) bond motifs is 1. The summed E-state index contributed by atoms with van der Waals surface area (Å²) in [6, 6.07) is 6.64. The average molecular weight is 515 g/mol. The van der Waals surface area contributed by atoms with E-state index in [9.17, 15) is 13.2 Å². The van der Waals surface area contributed by atoms with Crippen molar-refractivity contribution >= 4 is 45.2 Å². The van der Waals surface area contributed by atoms with Crippen molar-refractivity contribution in [1.82, 2.24) is 10.3 Å². The highest BCUT2D eigenvalue weighted by Crippen LogP contribution is 2.40. The van der Waals surface area contributed by atoms with Gasteiger partial charge in [-0.15, -0.1) is 0 Å². The molecular formula is C24H30BN3O7S. The summed E-state index contributed by atoms with van der Waals surface area (Å²) in [6.07, 6.45) is 2.66. The minimum absolute atomic E-state index is 0.284. The zero-order chi connectivity index (χ0) is 26.6. The standard InChI is InChI=1S/C24H30BN3O7S/c1-23(2)24(3,4)35-25(34-23)16-12-15-18(13-17(16)28(6)36(8,30)31)33-21(20(15)22(29)26-5)14-9-10-27-19(11-14)32-7/h9-13H,1-8H3,(H,26,29). The Morgan fingerprint density at radius 1 is 1.14 bits per heavy atom. The molecule has 0 radical (unpaired) electrons. The molecule has 0 bridgehead atoms. The third-order valence-corrected chi connectivity index (χ3v) is 8.03. The van der Waals surface area contributed by atoms with Crippen LogP contribution in [-0.4, -0.2) is 65.1 Å². The van der Waals surface area contributed by atoms with Crippen molar-refractivity contribution in [2.24, 2.45) is 0 Å². The van der Waals surface area contributed by atoms with Crippen molar-refractivity contribution in [3.8, 4) is 17.2 Å². The largest absolute Gasteiger partial charge is 0.497 e. The second-order valence-corrected chi connectivity index (χ2v) is 11.7. The molecule has 0 spiro atoms. The summed E-state index contributed by atoms with van der Waals surface area (Å²) >= 11 is 0. The topological polar surface area (TPSA) is 120 Å². The number of rotatable bonds is 6. The van der Waals surface area contributed by atoms with Gasteiger partial charge in [-0.1, -0.05) is 0 Å². The van der Waals surface area contributed by atoms with Gasteiger partial charge in [0.1, 0.15) is 11.3 Å². The van der Waals surface area contributed by atoms with E-state index < -0.39 is 28.3 Å². The van der Waals surface area contributed by atoms with E-state index in [-0.39, 0.29) is 11.5 Å². The molecule has 3 heterocycles. The fraction of sp³-hybridized carbons (Fsp3) is 0.417. The first-order valence-corrected chi connectivity index (χ1v) is 13.2. The summed E-state index contributed by atoms with van der Waals surface area (Å²) in [5.74, 6) is 0.277. The highest BCUT2D eigenvalue weighted by Gasteiger charge is 2.52. The maximum absolute atomic E-state index is 13.1. The van der Waals surface area contributed by atoms with Gasteiger partial charge in [-0.3, -0.25) is 9.10 Å². The van der Waals surface area contributed by atoms with E-state index in [1.807, 2.05) is 27.7 Å². The summed E-state index contributed by atoms with van der Waals surface area (Å²) < 4.78 is 50.1. The van der Waals surface area contributed by atoms with Crippen LogP contribution in [0.2, 0.25) is 0 Å². The lowest BCUT2D eigenvalue weighted by molar-refractivity contribution is 0.00578. The Morgan fingerprint density at radius 3 is 2.33 bits per heavy atom. The molecule has 0 aliphatic carbocycles. The van der Waals surface area contributed by atoms with Gasteiger partial charge in [-0.05, 0) is 39.8 Å². The third-order valence-electron chi connectivity index (χ3n) is 6.84. The lowest BCUT2D eigenvalue weighted by Gasteiger charge is -2.32. The van der Waals surface area contributed by atoms with Gasteiger partial charge in [0.05, 0.1) is 35.8 Å². The lowest BCUT2D eigenvalue weighted by Crippen LogP contribution is -2.41. The fourth-order valence-electron chi connectivity index (χ4n) is 3.98. The van der Waals surface area contributed by atoms with Gasteiger partial charge in [0.2, 0.25) is 15.9 Å². The van der Waals surface area contributed by atoms with Crippen LogP contribution in [0.15, 0.2) is 34.9 Å². The van der Waals surface area contributed by atoms with Crippen molar-refractivity contribution in [1.29, 1.82) is 0 Å². The molecule has 1 aromatic carbocycles. The van der Waals surface area contributed by atoms with Gasteiger partial charge in [-0.25, -0.2) is 13.4 Å². The normalized spacial score (nSPS) is 16.8. The molecule has 0 saturated carbocycles. The molecule has 1 N–H and O–H groups in total. The van der Waals surface area contributed by atoms with Crippen LogP contribution in [0.3, 0.4) is 0 Å². The Morgan fingerprint density at radius 2 is 1.78 bits per heavy atom. The maximum atomic E-state index is 13.1. The Balaban J connectivity index is 2.03. The van der Waals surface area contributed by atoms with Crippen LogP contribution < -0.4 is 19.8 Å². The molecule has 1 fully saturated rings. The van der Waals surface area contributed by atoms with E-state index in [0.717, 1.165) is 10.6 Å². The first kappa shape index (κ1) is 26.0. The number of methoxy groups -OCH3 is 1. The van der Waals surface area contributed by atoms with Gasteiger partial charge in [0.25, 0.3) is 5.91 Å². The van der Waals surface area contributed by atoms with E-state index in [0.29, 0.717) is 39.3 Å². The number of ether oxygens (including phenoxy) is 1. The summed E-state index contributed by atoms with van der Waals surface area (Å²) in [5, 5.41) is 3.14. The summed E-state index contributed by atoms with van der Waals surface area (Å²) in [6.45, 7) is 7.64. The zero-order valence-electron chi connectivity index (χ0n) is 21.6. The molecular weight excluding hydrogens is 485 g/mol. The first-order chi connectivity index (χ1) is 16.7. The van der Waals surface area contributed by atoms with Gasteiger partial charge in [0.15, 0.2) is 0 Å². The molecule has 1 amide bonds. The highest BCUT2D eigenvalue weighted by atomic mass is 32.2. The molecule has 12 heteroatoms. The van der Waals surface area contributed by atoms with Crippen molar-refractivity contribution in [2.75, 3.05) is 31.8 Å². The minimum Gasteiger partial charge on any atom is -0.481 e. The van der Waals surface area contributed by atoms with E-state index in [2.05, 4.69) is 10.3 Å². The van der Waals surface area contributed by atoms with Crippen LogP contribution in [-0.2, 0) is 19.3 Å². The molecule has 10 nitrogen and oxygen atoms in total. The number of carbonyl (C=O) groups excluding carboxylic acids is 1. The number of hydrogen-bond acceptors (Lipinski definition) is 8. The number of pyridine rings is 1. The number of benzene rings is 1. The Bertz CT molecular complexity index is 1430. The number of nitrogens with one attached hydrogen (secondary N) is 1. The van der Waals surface area contributed by atoms with Gasteiger partial charge < -0.3 is 23.8 Å².